The van der Waals surface area contributed by atoms with Crippen molar-refractivity contribution in [1.29, 1.82) is 0 Å². The fraction of sp³-hybridized carbons (Fsp3) is 0.294. The lowest BCUT2D eigenvalue weighted by Gasteiger charge is -2.18. The molecule has 0 bridgehead atoms. The van der Waals surface area contributed by atoms with Crippen LogP contribution in [0, 0.1) is 13.8 Å². The molecule has 1 aromatic heterocycles. The van der Waals surface area contributed by atoms with Gasteiger partial charge in [0.05, 0.1) is 0 Å². The molecule has 22 heavy (non-hydrogen) atoms. The van der Waals surface area contributed by atoms with E-state index in [-0.39, 0.29) is 5.91 Å². The molecular formula is C17H19ClN2O2. The second-order valence-electron chi connectivity index (χ2n) is 5.08. The van der Waals surface area contributed by atoms with Crippen LogP contribution in [0.5, 0.6) is 5.75 Å². The van der Waals surface area contributed by atoms with E-state index in [1.54, 1.807) is 18.3 Å². The van der Waals surface area contributed by atoms with Crippen molar-refractivity contribution in [2.75, 3.05) is 5.32 Å². The maximum absolute atomic E-state index is 12.3. The number of amides is 1. The zero-order valence-corrected chi connectivity index (χ0v) is 13.6. The first-order valence-corrected chi connectivity index (χ1v) is 7.54. The molecule has 2 aromatic rings. The number of carbonyl (C=O) groups excluding carboxylic acids is 1. The number of ether oxygens (including phenoxy) is 1. The van der Waals surface area contributed by atoms with Gasteiger partial charge in [-0.25, -0.2) is 4.98 Å². The van der Waals surface area contributed by atoms with Crippen molar-refractivity contribution in [3.05, 3.63) is 52.7 Å². The van der Waals surface area contributed by atoms with Gasteiger partial charge in [-0.3, -0.25) is 4.79 Å². The largest absolute Gasteiger partial charge is 0.481 e. The molecule has 0 radical (unpaired) electrons. The molecule has 1 amide bonds. The van der Waals surface area contributed by atoms with Gasteiger partial charge in [-0.05, 0) is 55.7 Å². The van der Waals surface area contributed by atoms with Crippen molar-refractivity contribution in [1.82, 2.24) is 4.98 Å². The Balaban J connectivity index is 2.09. The molecule has 0 fully saturated rings. The van der Waals surface area contributed by atoms with Crippen LogP contribution in [-0.4, -0.2) is 17.0 Å². The number of pyridine rings is 1. The molecule has 4 nitrogen and oxygen atoms in total. The number of hydrogen-bond donors (Lipinski definition) is 1. The monoisotopic (exact) mass is 318 g/mol. The number of rotatable bonds is 5. The number of halogens is 1. The number of hydrogen-bond acceptors (Lipinski definition) is 3. The molecular weight excluding hydrogens is 300 g/mol. The van der Waals surface area contributed by atoms with Gasteiger partial charge in [0.2, 0.25) is 0 Å². The Morgan fingerprint density at radius 1 is 1.32 bits per heavy atom. The predicted octanol–water partition coefficient (Wildman–Crippen LogP) is 4.15. The van der Waals surface area contributed by atoms with Crippen molar-refractivity contribution in [2.45, 2.75) is 33.3 Å². The first-order valence-electron chi connectivity index (χ1n) is 7.16. The van der Waals surface area contributed by atoms with Crippen LogP contribution < -0.4 is 10.1 Å². The van der Waals surface area contributed by atoms with Gasteiger partial charge in [0.15, 0.2) is 6.10 Å². The van der Waals surface area contributed by atoms with E-state index in [0.29, 0.717) is 23.0 Å². The van der Waals surface area contributed by atoms with Gasteiger partial charge < -0.3 is 10.1 Å². The minimum absolute atomic E-state index is 0.211. The Morgan fingerprint density at radius 3 is 2.73 bits per heavy atom. The summed E-state index contributed by atoms with van der Waals surface area (Å²) in [6.07, 6.45) is 1.62. The molecule has 1 atom stereocenters. The number of nitrogens with one attached hydrogen (secondary N) is 1. The van der Waals surface area contributed by atoms with Crippen molar-refractivity contribution in [3.63, 3.8) is 0 Å². The SMILES string of the molecule is CC[C@H](Oc1ccc(Cl)c(C)c1)C(=O)Nc1ncccc1C. The fourth-order valence-electron chi connectivity index (χ4n) is 1.99. The summed E-state index contributed by atoms with van der Waals surface area (Å²) in [5.41, 5.74) is 1.82. The maximum Gasteiger partial charge on any atom is 0.266 e. The van der Waals surface area contributed by atoms with Crippen LogP contribution in [0.4, 0.5) is 5.82 Å². The standard InChI is InChI=1S/C17H19ClN2O2/c1-4-15(22-13-7-8-14(18)12(3)10-13)17(21)20-16-11(2)6-5-9-19-16/h5-10,15H,4H2,1-3H3,(H,19,20,21)/t15-/m0/s1. The Labute approximate surface area is 135 Å². The van der Waals surface area contributed by atoms with Crippen molar-refractivity contribution in [2.24, 2.45) is 0 Å². The molecule has 1 heterocycles. The van der Waals surface area contributed by atoms with E-state index in [4.69, 9.17) is 16.3 Å². The molecule has 1 N–H and O–H groups in total. The van der Waals surface area contributed by atoms with Gasteiger partial charge in [-0.1, -0.05) is 24.6 Å². The quantitative estimate of drug-likeness (QED) is 0.901. The second kappa shape index (κ2) is 7.27. The molecule has 0 aliphatic rings. The highest BCUT2D eigenvalue weighted by molar-refractivity contribution is 6.31. The van der Waals surface area contributed by atoms with E-state index in [1.165, 1.54) is 0 Å². The van der Waals surface area contributed by atoms with Crippen LogP contribution in [0.1, 0.15) is 24.5 Å². The van der Waals surface area contributed by atoms with Crippen molar-refractivity contribution < 1.29 is 9.53 Å². The van der Waals surface area contributed by atoms with Gasteiger partial charge in [-0.2, -0.15) is 0 Å². The number of aromatic nitrogens is 1. The van der Waals surface area contributed by atoms with Crippen LogP contribution in [0.25, 0.3) is 0 Å². The normalized spacial score (nSPS) is 11.8. The molecule has 0 saturated heterocycles. The summed E-state index contributed by atoms with van der Waals surface area (Å²) >= 11 is 6.00. The van der Waals surface area contributed by atoms with Crippen LogP contribution >= 0.6 is 11.6 Å². The lowest BCUT2D eigenvalue weighted by molar-refractivity contribution is -0.122. The Bertz CT molecular complexity index is 673. The number of nitrogens with zero attached hydrogens (tertiary/aromatic N) is 1. The third-order valence-corrected chi connectivity index (χ3v) is 3.75. The molecule has 2 rings (SSSR count). The van der Waals surface area contributed by atoms with E-state index >= 15 is 0 Å². The first kappa shape index (κ1) is 16.3. The summed E-state index contributed by atoms with van der Waals surface area (Å²) in [7, 11) is 0. The zero-order valence-electron chi connectivity index (χ0n) is 12.9. The van der Waals surface area contributed by atoms with Gasteiger partial charge in [0, 0.05) is 11.2 Å². The van der Waals surface area contributed by atoms with E-state index in [9.17, 15) is 4.79 Å². The molecule has 0 unspecified atom stereocenters. The van der Waals surface area contributed by atoms with E-state index in [1.807, 2.05) is 39.0 Å². The summed E-state index contributed by atoms with van der Waals surface area (Å²) in [5, 5.41) is 3.48. The van der Waals surface area contributed by atoms with Crippen molar-refractivity contribution >= 4 is 23.3 Å². The summed E-state index contributed by atoms with van der Waals surface area (Å²) in [6.45, 7) is 5.69. The fourth-order valence-corrected chi connectivity index (χ4v) is 2.11. The van der Waals surface area contributed by atoms with Crippen LogP contribution in [-0.2, 0) is 4.79 Å². The van der Waals surface area contributed by atoms with Crippen LogP contribution in [0.2, 0.25) is 5.02 Å². The molecule has 0 aliphatic heterocycles. The van der Waals surface area contributed by atoms with Gasteiger partial charge in [0.1, 0.15) is 11.6 Å². The van der Waals surface area contributed by atoms with Gasteiger partial charge in [-0.15, -0.1) is 0 Å². The number of carbonyl (C=O) groups is 1. The number of aryl methyl sites for hydroxylation is 2. The highest BCUT2D eigenvalue weighted by atomic mass is 35.5. The number of benzene rings is 1. The molecule has 0 saturated carbocycles. The summed E-state index contributed by atoms with van der Waals surface area (Å²) in [4.78, 5) is 16.5. The summed E-state index contributed by atoms with van der Waals surface area (Å²) in [6, 6.07) is 9.07. The average Bonchev–Trinajstić information content (AvgIpc) is 2.50. The third kappa shape index (κ3) is 3.98. The molecule has 1 aromatic carbocycles. The van der Waals surface area contributed by atoms with Crippen LogP contribution in [0.3, 0.4) is 0 Å². The first-order chi connectivity index (χ1) is 10.5. The van der Waals surface area contributed by atoms with Gasteiger partial charge in [0.25, 0.3) is 5.91 Å². The minimum atomic E-state index is -0.581. The second-order valence-corrected chi connectivity index (χ2v) is 5.49. The zero-order chi connectivity index (χ0) is 16.1. The molecule has 5 heteroatoms. The highest BCUT2D eigenvalue weighted by Gasteiger charge is 2.19. The Hall–Kier alpha value is -2.07. The Kier molecular flexibility index (Phi) is 5.39. The third-order valence-electron chi connectivity index (χ3n) is 3.32. The summed E-state index contributed by atoms with van der Waals surface area (Å²) < 4.78 is 5.77. The average molecular weight is 319 g/mol. The maximum atomic E-state index is 12.3. The van der Waals surface area contributed by atoms with E-state index in [0.717, 1.165) is 11.1 Å². The van der Waals surface area contributed by atoms with Crippen molar-refractivity contribution in [3.8, 4) is 5.75 Å². The predicted molar refractivity (Wildman–Crippen MR) is 88.5 cm³/mol. The topological polar surface area (TPSA) is 51.2 Å². The van der Waals surface area contributed by atoms with Gasteiger partial charge >= 0.3 is 0 Å². The summed E-state index contributed by atoms with van der Waals surface area (Å²) in [5.74, 6) is 0.973. The molecule has 0 spiro atoms. The Morgan fingerprint density at radius 2 is 2.09 bits per heavy atom. The molecule has 116 valence electrons. The van der Waals surface area contributed by atoms with E-state index < -0.39 is 6.10 Å². The minimum Gasteiger partial charge on any atom is -0.481 e. The molecule has 0 aliphatic carbocycles. The lowest BCUT2D eigenvalue weighted by atomic mass is 10.2. The smallest absolute Gasteiger partial charge is 0.266 e. The highest BCUT2D eigenvalue weighted by Crippen LogP contribution is 2.22. The van der Waals surface area contributed by atoms with E-state index in [2.05, 4.69) is 10.3 Å². The lowest BCUT2D eigenvalue weighted by Crippen LogP contribution is -2.32. The number of anilines is 1. The van der Waals surface area contributed by atoms with Crippen LogP contribution in [0.15, 0.2) is 36.5 Å².